The fourth-order valence-corrected chi connectivity index (χ4v) is 5.07. The largest absolute Gasteiger partial charge is 0.0619 e. The molecule has 0 aromatic heterocycles. The standard InChI is InChI=1S/C24H24/c1-24(2)21-13-6-5-11-19(21)20-12-7-10-17-14-18(15-22(24)23(17)20)16-8-3-4-9-16/h5-7,10-16H,3-4,8-9H2,1-2H3. The Morgan fingerprint density at radius 3 is 2.38 bits per heavy atom. The Kier molecular flexibility index (Phi) is 2.95. The van der Waals surface area contributed by atoms with Crippen molar-refractivity contribution in [2.45, 2.75) is 50.9 Å². The molecule has 120 valence electrons. The zero-order valence-corrected chi connectivity index (χ0v) is 14.6. The summed E-state index contributed by atoms with van der Waals surface area (Å²) in [4.78, 5) is 0. The molecule has 1 fully saturated rings. The Bertz CT molecular complexity index is 939. The summed E-state index contributed by atoms with van der Waals surface area (Å²) in [6.07, 6.45) is 5.51. The van der Waals surface area contributed by atoms with Gasteiger partial charge in [-0.2, -0.15) is 0 Å². The van der Waals surface area contributed by atoms with E-state index in [1.807, 2.05) is 0 Å². The van der Waals surface area contributed by atoms with Gasteiger partial charge in [0.15, 0.2) is 0 Å². The van der Waals surface area contributed by atoms with Crippen molar-refractivity contribution in [1.29, 1.82) is 0 Å². The molecule has 1 saturated carbocycles. The van der Waals surface area contributed by atoms with E-state index in [4.69, 9.17) is 0 Å². The third kappa shape index (κ3) is 1.86. The molecule has 3 aromatic carbocycles. The van der Waals surface area contributed by atoms with Crippen LogP contribution >= 0.6 is 0 Å². The number of rotatable bonds is 1. The van der Waals surface area contributed by atoms with E-state index < -0.39 is 0 Å². The third-order valence-corrected chi connectivity index (χ3v) is 6.39. The lowest BCUT2D eigenvalue weighted by Crippen LogP contribution is -2.24. The van der Waals surface area contributed by atoms with Crippen LogP contribution < -0.4 is 0 Å². The molecule has 2 aliphatic rings. The molecule has 0 N–H and O–H groups in total. The lowest BCUT2D eigenvalue weighted by molar-refractivity contribution is 0.640. The molecule has 0 saturated heterocycles. The lowest BCUT2D eigenvalue weighted by atomic mass is 9.68. The van der Waals surface area contributed by atoms with Gasteiger partial charge >= 0.3 is 0 Å². The van der Waals surface area contributed by atoms with Gasteiger partial charge in [0.05, 0.1) is 0 Å². The molecule has 0 amide bonds. The Morgan fingerprint density at radius 2 is 1.54 bits per heavy atom. The second-order valence-corrected chi connectivity index (χ2v) is 8.12. The molecule has 0 heteroatoms. The zero-order valence-electron chi connectivity index (χ0n) is 14.6. The molecule has 0 aliphatic heterocycles. The molecule has 0 atom stereocenters. The summed E-state index contributed by atoms with van der Waals surface area (Å²) < 4.78 is 0. The number of benzene rings is 3. The Morgan fingerprint density at radius 1 is 0.792 bits per heavy atom. The highest BCUT2D eigenvalue weighted by Crippen LogP contribution is 2.49. The van der Waals surface area contributed by atoms with Crippen LogP contribution in [0.5, 0.6) is 0 Å². The summed E-state index contributed by atoms with van der Waals surface area (Å²) in [6, 6.07) is 20.8. The van der Waals surface area contributed by atoms with Gasteiger partial charge in [0.2, 0.25) is 0 Å². The first-order valence-electron chi connectivity index (χ1n) is 9.33. The van der Waals surface area contributed by atoms with Crippen LogP contribution in [0.1, 0.15) is 62.1 Å². The minimum absolute atomic E-state index is 0.0673. The van der Waals surface area contributed by atoms with Crippen molar-refractivity contribution in [3.63, 3.8) is 0 Å². The summed E-state index contributed by atoms with van der Waals surface area (Å²) in [5.41, 5.74) is 7.45. The van der Waals surface area contributed by atoms with Crippen molar-refractivity contribution >= 4 is 10.8 Å². The first-order chi connectivity index (χ1) is 11.7. The van der Waals surface area contributed by atoms with E-state index in [0.717, 1.165) is 5.92 Å². The molecule has 0 bridgehead atoms. The van der Waals surface area contributed by atoms with Gasteiger partial charge < -0.3 is 0 Å². The maximum absolute atomic E-state index is 2.54. The summed E-state index contributed by atoms with van der Waals surface area (Å²) in [5, 5.41) is 2.90. The molecule has 2 aliphatic carbocycles. The van der Waals surface area contributed by atoms with Gasteiger partial charge in [0.1, 0.15) is 0 Å². The van der Waals surface area contributed by atoms with Gasteiger partial charge in [0.25, 0.3) is 0 Å². The van der Waals surface area contributed by atoms with Gasteiger partial charge in [-0.15, -0.1) is 0 Å². The van der Waals surface area contributed by atoms with Gasteiger partial charge in [0, 0.05) is 5.41 Å². The van der Waals surface area contributed by atoms with E-state index in [1.165, 1.54) is 58.7 Å². The normalized spacial score (nSPS) is 18.8. The molecular formula is C24H24. The van der Waals surface area contributed by atoms with Crippen molar-refractivity contribution in [3.8, 4) is 11.1 Å². The van der Waals surface area contributed by atoms with Crippen LogP contribution in [0.3, 0.4) is 0 Å². The first kappa shape index (κ1) is 14.3. The second-order valence-electron chi connectivity index (χ2n) is 8.12. The van der Waals surface area contributed by atoms with Gasteiger partial charge in [-0.25, -0.2) is 0 Å². The van der Waals surface area contributed by atoms with E-state index in [0.29, 0.717) is 0 Å². The molecule has 0 radical (unpaired) electrons. The van der Waals surface area contributed by atoms with Crippen molar-refractivity contribution in [3.05, 3.63) is 71.3 Å². The summed E-state index contributed by atoms with van der Waals surface area (Å²) in [6.45, 7) is 4.80. The lowest BCUT2D eigenvalue weighted by Gasteiger charge is -2.36. The van der Waals surface area contributed by atoms with Crippen LogP contribution in [0.15, 0.2) is 54.6 Å². The highest BCUT2D eigenvalue weighted by molar-refractivity contribution is 6.03. The fraction of sp³-hybridized carbons (Fsp3) is 0.333. The molecule has 0 spiro atoms. The third-order valence-electron chi connectivity index (χ3n) is 6.39. The topological polar surface area (TPSA) is 0 Å². The highest BCUT2D eigenvalue weighted by atomic mass is 14.4. The predicted octanol–water partition coefficient (Wildman–Crippen LogP) is 6.80. The average Bonchev–Trinajstić information content (AvgIpc) is 3.14. The van der Waals surface area contributed by atoms with Crippen LogP contribution in [0.4, 0.5) is 0 Å². The number of hydrogen-bond donors (Lipinski definition) is 0. The monoisotopic (exact) mass is 312 g/mol. The van der Waals surface area contributed by atoms with Crippen LogP contribution in [0.2, 0.25) is 0 Å². The number of fused-ring (bicyclic) bond motifs is 2. The van der Waals surface area contributed by atoms with Crippen LogP contribution in [0.25, 0.3) is 21.9 Å². The maximum atomic E-state index is 2.54. The molecule has 0 heterocycles. The molecular weight excluding hydrogens is 288 g/mol. The van der Waals surface area contributed by atoms with Crippen molar-refractivity contribution in [2.24, 2.45) is 0 Å². The van der Waals surface area contributed by atoms with E-state index in [-0.39, 0.29) is 5.41 Å². The molecule has 3 aromatic rings. The SMILES string of the molecule is CC1(C)c2ccccc2-c2cccc3cc(C4CCCC4)cc1c23. The van der Waals surface area contributed by atoms with Gasteiger partial charge in [-0.1, -0.05) is 81.3 Å². The Labute approximate surface area is 144 Å². The van der Waals surface area contributed by atoms with Crippen LogP contribution in [-0.2, 0) is 5.41 Å². The van der Waals surface area contributed by atoms with Gasteiger partial charge in [-0.05, 0) is 57.3 Å². The first-order valence-corrected chi connectivity index (χ1v) is 9.33. The molecule has 5 rings (SSSR count). The van der Waals surface area contributed by atoms with Crippen molar-refractivity contribution in [1.82, 2.24) is 0 Å². The summed E-state index contributed by atoms with van der Waals surface area (Å²) in [5.74, 6) is 0.766. The van der Waals surface area contributed by atoms with E-state index in [1.54, 1.807) is 5.56 Å². The summed E-state index contributed by atoms with van der Waals surface area (Å²) >= 11 is 0. The predicted molar refractivity (Wildman–Crippen MR) is 103 cm³/mol. The van der Waals surface area contributed by atoms with Crippen LogP contribution in [-0.4, -0.2) is 0 Å². The van der Waals surface area contributed by atoms with Crippen molar-refractivity contribution in [2.75, 3.05) is 0 Å². The minimum Gasteiger partial charge on any atom is -0.0619 e. The fourth-order valence-electron chi connectivity index (χ4n) is 5.07. The Balaban J connectivity index is 1.87. The quantitative estimate of drug-likeness (QED) is 0.463. The van der Waals surface area contributed by atoms with Crippen molar-refractivity contribution < 1.29 is 0 Å². The molecule has 24 heavy (non-hydrogen) atoms. The second kappa shape index (κ2) is 4.96. The minimum atomic E-state index is 0.0673. The molecule has 0 unspecified atom stereocenters. The van der Waals surface area contributed by atoms with E-state index >= 15 is 0 Å². The zero-order chi connectivity index (χ0) is 16.3. The van der Waals surface area contributed by atoms with Gasteiger partial charge in [-0.3, -0.25) is 0 Å². The Hall–Kier alpha value is -2.08. The maximum Gasteiger partial charge on any atom is 0.0159 e. The summed E-state index contributed by atoms with van der Waals surface area (Å²) in [7, 11) is 0. The van der Waals surface area contributed by atoms with E-state index in [9.17, 15) is 0 Å². The van der Waals surface area contributed by atoms with E-state index in [2.05, 4.69) is 68.4 Å². The molecule has 0 nitrogen and oxygen atoms in total. The average molecular weight is 312 g/mol. The van der Waals surface area contributed by atoms with Crippen LogP contribution in [0, 0.1) is 0 Å². The number of hydrogen-bond acceptors (Lipinski definition) is 0. The smallest absolute Gasteiger partial charge is 0.0159 e. The highest BCUT2D eigenvalue weighted by Gasteiger charge is 2.34.